The average molecular weight is 371 g/mol. The lowest BCUT2D eigenvalue weighted by molar-refractivity contribution is 0.0923. The van der Waals surface area contributed by atoms with Crippen molar-refractivity contribution < 1.29 is 13.9 Å². The van der Waals surface area contributed by atoms with Gasteiger partial charge >= 0.3 is 5.91 Å². The van der Waals surface area contributed by atoms with Crippen molar-refractivity contribution in [2.75, 3.05) is 0 Å². The van der Waals surface area contributed by atoms with Gasteiger partial charge in [0.15, 0.2) is 5.76 Å². The Bertz CT molecular complexity index is 1110. The summed E-state index contributed by atoms with van der Waals surface area (Å²) >= 11 is 0. The molecule has 4 rings (SSSR count). The van der Waals surface area contributed by atoms with Gasteiger partial charge < -0.3 is 9.15 Å². The van der Waals surface area contributed by atoms with E-state index in [1.165, 1.54) is 6.21 Å². The van der Waals surface area contributed by atoms with Crippen LogP contribution in [0.1, 0.15) is 21.9 Å². The van der Waals surface area contributed by atoms with Crippen molar-refractivity contribution in [3.05, 3.63) is 96.2 Å². The molecule has 1 N–H and O–H groups in total. The summed E-state index contributed by atoms with van der Waals surface area (Å²) in [4.78, 5) is 16.0. The minimum Gasteiger partial charge on any atom is -0.485 e. The molecule has 0 aliphatic rings. The Kier molecular flexibility index (Phi) is 5.11. The Balaban J connectivity index is 1.37. The van der Waals surface area contributed by atoms with E-state index in [0.717, 1.165) is 22.1 Å². The average Bonchev–Trinajstić information content (AvgIpc) is 3.22. The zero-order valence-electron chi connectivity index (χ0n) is 14.9. The minimum absolute atomic E-state index is 0.170. The number of aromatic nitrogens is 1. The number of fused-ring (bicyclic) bond motifs is 1. The van der Waals surface area contributed by atoms with E-state index in [1.807, 2.05) is 42.5 Å². The number of benzene rings is 2. The molecule has 0 saturated carbocycles. The second-order valence-electron chi connectivity index (χ2n) is 6.01. The SMILES string of the molecule is O=C(N/N=C\c1ccncc1)c1ccc(COc2cccc3ccccc23)o1. The van der Waals surface area contributed by atoms with Gasteiger partial charge in [-0.15, -0.1) is 0 Å². The van der Waals surface area contributed by atoms with E-state index in [2.05, 4.69) is 15.5 Å². The number of carbonyl (C=O) groups is 1. The number of carbonyl (C=O) groups excluding carboxylic acids is 1. The third-order valence-electron chi connectivity index (χ3n) is 4.09. The number of hydrogen-bond donors (Lipinski definition) is 1. The summed E-state index contributed by atoms with van der Waals surface area (Å²) in [6.45, 7) is 0.224. The number of hydrazone groups is 1. The molecule has 2 heterocycles. The molecule has 138 valence electrons. The molecule has 0 aliphatic heterocycles. The van der Waals surface area contributed by atoms with Crippen LogP contribution in [0.15, 0.2) is 88.6 Å². The van der Waals surface area contributed by atoms with Gasteiger partial charge in [0, 0.05) is 17.8 Å². The standard InChI is InChI=1S/C22H17N3O3/c26-22(25-24-14-16-10-12-23-13-11-16)21-9-8-18(28-21)15-27-20-7-3-5-17-4-1-2-6-19(17)20/h1-14H,15H2,(H,25,26)/b24-14-. The van der Waals surface area contributed by atoms with Crippen LogP contribution in [-0.4, -0.2) is 17.1 Å². The Labute approximate surface area is 161 Å². The van der Waals surface area contributed by atoms with Gasteiger partial charge in [0.25, 0.3) is 0 Å². The fraction of sp³-hybridized carbons (Fsp3) is 0.0455. The first kappa shape index (κ1) is 17.5. The number of furan rings is 1. The summed E-state index contributed by atoms with van der Waals surface area (Å²) in [6.07, 6.45) is 4.84. The van der Waals surface area contributed by atoms with Crippen molar-refractivity contribution in [3.8, 4) is 5.75 Å². The van der Waals surface area contributed by atoms with Gasteiger partial charge in [-0.2, -0.15) is 5.10 Å². The summed E-state index contributed by atoms with van der Waals surface area (Å²) < 4.78 is 11.4. The fourth-order valence-electron chi connectivity index (χ4n) is 2.72. The van der Waals surface area contributed by atoms with Crippen LogP contribution in [0.5, 0.6) is 5.75 Å². The first-order valence-electron chi connectivity index (χ1n) is 8.72. The molecular formula is C22H17N3O3. The van der Waals surface area contributed by atoms with Crippen molar-refractivity contribution in [2.24, 2.45) is 5.10 Å². The summed E-state index contributed by atoms with van der Waals surface area (Å²) in [5.74, 6) is 1.06. The zero-order valence-corrected chi connectivity index (χ0v) is 14.9. The molecule has 6 heteroatoms. The Morgan fingerprint density at radius 3 is 2.75 bits per heavy atom. The van der Waals surface area contributed by atoms with Crippen LogP contribution in [0.25, 0.3) is 10.8 Å². The maximum absolute atomic E-state index is 12.1. The normalized spacial score (nSPS) is 11.0. The van der Waals surface area contributed by atoms with Crippen LogP contribution in [0, 0.1) is 0 Å². The predicted molar refractivity (Wildman–Crippen MR) is 106 cm³/mol. The zero-order chi connectivity index (χ0) is 19.2. The first-order valence-corrected chi connectivity index (χ1v) is 8.72. The second-order valence-corrected chi connectivity index (χ2v) is 6.01. The molecule has 0 bridgehead atoms. The number of ether oxygens (including phenoxy) is 1. The van der Waals surface area contributed by atoms with Gasteiger partial charge in [0.1, 0.15) is 18.1 Å². The predicted octanol–water partition coefficient (Wildman–Crippen LogP) is 4.17. The lowest BCUT2D eigenvalue weighted by atomic mass is 10.1. The lowest BCUT2D eigenvalue weighted by Crippen LogP contribution is -2.16. The summed E-state index contributed by atoms with van der Waals surface area (Å²) in [7, 11) is 0. The Morgan fingerprint density at radius 2 is 1.86 bits per heavy atom. The molecule has 2 aromatic heterocycles. The first-order chi connectivity index (χ1) is 13.8. The second kappa shape index (κ2) is 8.18. The maximum Gasteiger partial charge on any atom is 0.307 e. The van der Waals surface area contributed by atoms with E-state index in [9.17, 15) is 4.79 Å². The lowest BCUT2D eigenvalue weighted by Gasteiger charge is -2.07. The number of nitrogens with one attached hydrogen (secondary N) is 1. The Hall–Kier alpha value is -3.93. The van der Waals surface area contributed by atoms with Gasteiger partial charge in [0.2, 0.25) is 0 Å². The fourth-order valence-corrected chi connectivity index (χ4v) is 2.72. The molecule has 0 radical (unpaired) electrons. The minimum atomic E-state index is -0.429. The van der Waals surface area contributed by atoms with Crippen molar-refractivity contribution in [1.29, 1.82) is 0 Å². The molecule has 2 aromatic carbocycles. The summed E-state index contributed by atoms with van der Waals surface area (Å²) in [5, 5.41) is 6.04. The van der Waals surface area contributed by atoms with Crippen LogP contribution in [0.3, 0.4) is 0 Å². The van der Waals surface area contributed by atoms with Crippen LogP contribution in [0.4, 0.5) is 0 Å². The molecule has 0 saturated heterocycles. The summed E-state index contributed by atoms with van der Waals surface area (Å²) in [6, 6.07) is 20.8. The largest absolute Gasteiger partial charge is 0.485 e. The number of nitrogens with zero attached hydrogens (tertiary/aromatic N) is 2. The molecule has 0 fully saturated rings. The van der Waals surface area contributed by atoms with E-state index in [0.29, 0.717) is 5.76 Å². The third kappa shape index (κ3) is 4.07. The number of rotatable bonds is 6. The highest BCUT2D eigenvalue weighted by Gasteiger charge is 2.11. The highest BCUT2D eigenvalue weighted by Crippen LogP contribution is 2.26. The molecule has 0 spiro atoms. The molecule has 0 atom stereocenters. The highest BCUT2D eigenvalue weighted by molar-refractivity contribution is 5.92. The topological polar surface area (TPSA) is 76.7 Å². The third-order valence-corrected chi connectivity index (χ3v) is 4.09. The molecule has 6 nitrogen and oxygen atoms in total. The maximum atomic E-state index is 12.1. The van der Waals surface area contributed by atoms with Gasteiger partial charge in [0.05, 0.1) is 6.21 Å². The van der Waals surface area contributed by atoms with E-state index in [4.69, 9.17) is 9.15 Å². The molecule has 1 amide bonds. The van der Waals surface area contributed by atoms with E-state index in [-0.39, 0.29) is 12.4 Å². The van der Waals surface area contributed by atoms with E-state index in [1.54, 1.807) is 36.7 Å². The molecule has 0 unspecified atom stereocenters. The highest BCUT2D eigenvalue weighted by atomic mass is 16.5. The molecule has 0 aliphatic carbocycles. The monoisotopic (exact) mass is 371 g/mol. The van der Waals surface area contributed by atoms with Crippen molar-refractivity contribution >= 4 is 22.9 Å². The van der Waals surface area contributed by atoms with Crippen molar-refractivity contribution in [3.63, 3.8) is 0 Å². The molecule has 4 aromatic rings. The molecular weight excluding hydrogens is 354 g/mol. The van der Waals surface area contributed by atoms with Crippen molar-refractivity contribution in [1.82, 2.24) is 10.4 Å². The number of hydrogen-bond acceptors (Lipinski definition) is 5. The van der Waals surface area contributed by atoms with Crippen LogP contribution >= 0.6 is 0 Å². The van der Waals surface area contributed by atoms with Crippen LogP contribution in [-0.2, 0) is 6.61 Å². The van der Waals surface area contributed by atoms with Gasteiger partial charge in [-0.25, -0.2) is 5.43 Å². The van der Waals surface area contributed by atoms with Gasteiger partial charge in [-0.1, -0.05) is 36.4 Å². The number of amides is 1. The molecule has 28 heavy (non-hydrogen) atoms. The van der Waals surface area contributed by atoms with Gasteiger partial charge in [-0.3, -0.25) is 9.78 Å². The summed E-state index contributed by atoms with van der Waals surface area (Å²) in [5.41, 5.74) is 3.27. The van der Waals surface area contributed by atoms with E-state index >= 15 is 0 Å². The van der Waals surface area contributed by atoms with E-state index < -0.39 is 5.91 Å². The van der Waals surface area contributed by atoms with Crippen LogP contribution < -0.4 is 10.2 Å². The number of pyridine rings is 1. The van der Waals surface area contributed by atoms with Gasteiger partial charge in [-0.05, 0) is 41.3 Å². The van der Waals surface area contributed by atoms with Crippen molar-refractivity contribution in [2.45, 2.75) is 6.61 Å². The quantitative estimate of drug-likeness (QED) is 0.408. The Morgan fingerprint density at radius 1 is 1.04 bits per heavy atom. The smallest absolute Gasteiger partial charge is 0.307 e. The van der Waals surface area contributed by atoms with Crippen LogP contribution in [0.2, 0.25) is 0 Å².